The summed E-state index contributed by atoms with van der Waals surface area (Å²) in [6.45, 7) is 3.20. The van der Waals surface area contributed by atoms with Gasteiger partial charge in [0.25, 0.3) is 0 Å². The zero-order chi connectivity index (χ0) is 20.7. The van der Waals surface area contributed by atoms with Gasteiger partial charge in [0.2, 0.25) is 11.8 Å². The molecule has 148 valence electrons. The SMILES string of the molecule is CCc1ccc(C(NC(=O)C[C@H](NC(C)=O)C(=O)O)c2cccc(F)c2)cc1. The van der Waals surface area contributed by atoms with Crippen LogP contribution in [0.15, 0.2) is 48.5 Å². The van der Waals surface area contributed by atoms with E-state index < -0.39 is 42.1 Å². The van der Waals surface area contributed by atoms with Crippen molar-refractivity contribution in [2.75, 3.05) is 0 Å². The molecule has 0 fully saturated rings. The third-order valence-corrected chi connectivity index (χ3v) is 4.27. The number of carbonyl (C=O) groups is 3. The third-order valence-electron chi connectivity index (χ3n) is 4.27. The first-order valence-electron chi connectivity index (χ1n) is 8.93. The molecule has 0 aromatic heterocycles. The van der Waals surface area contributed by atoms with Gasteiger partial charge < -0.3 is 15.7 Å². The summed E-state index contributed by atoms with van der Waals surface area (Å²) in [5.41, 5.74) is 2.39. The molecule has 0 radical (unpaired) electrons. The molecule has 1 unspecified atom stereocenters. The molecular formula is C21H23FN2O4. The largest absolute Gasteiger partial charge is 0.480 e. The summed E-state index contributed by atoms with van der Waals surface area (Å²) >= 11 is 0. The number of carboxylic acids is 1. The second kappa shape index (κ2) is 9.64. The van der Waals surface area contributed by atoms with Crippen LogP contribution in [0.3, 0.4) is 0 Å². The molecule has 0 saturated heterocycles. The number of carboxylic acid groups (broad SMARTS) is 1. The summed E-state index contributed by atoms with van der Waals surface area (Å²) in [7, 11) is 0. The molecule has 2 amide bonds. The van der Waals surface area contributed by atoms with Crippen LogP contribution in [0.1, 0.15) is 43.0 Å². The second-order valence-electron chi connectivity index (χ2n) is 6.45. The van der Waals surface area contributed by atoms with Crippen molar-refractivity contribution in [2.24, 2.45) is 0 Å². The summed E-state index contributed by atoms with van der Waals surface area (Å²) in [6.07, 6.45) is 0.419. The maximum atomic E-state index is 13.7. The van der Waals surface area contributed by atoms with Gasteiger partial charge in [0.05, 0.1) is 12.5 Å². The Morgan fingerprint density at radius 2 is 1.71 bits per heavy atom. The van der Waals surface area contributed by atoms with Crippen LogP contribution in [0.2, 0.25) is 0 Å². The maximum absolute atomic E-state index is 13.7. The van der Waals surface area contributed by atoms with E-state index in [1.807, 2.05) is 31.2 Å². The van der Waals surface area contributed by atoms with E-state index in [0.717, 1.165) is 17.5 Å². The van der Waals surface area contributed by atoms with Crippen LogP contribution in [0, 0.1) is 5.82 Å². The fourth-order valence-corrected chi connectivity index (χ4v) is 2.84. The van der Waals surface area contributed by atoms with Gasteiger partial charge in [-0.1, -0.05) is 43.3 Å². The lowest BCUT2D eigenvalue weighted by molar-refractivity contribution is -0.143. The minimum atomic E-state index is -1.34. The summed E-state index contributed by atoms with van der Waals surface area (Å²) in [4.78, 5) is 34.9. The minimum Gasteiger partial charge on any atom is -0.480 e. The van der Waals surface area contributed by atoms with Crippen molar-refractivity contribution in [3.8, 4) is 0 Å². The van der Waals surface area contributed by atoms with Crippen LogP contribution < -0.4 is 10.6 Å². The zero-order valence-electron chi connectivity index (χ0n) is 15.7. The highest BCUT2D eigenvalue weighted by atomic mass is 19.1. The lowest BCUT2D eigenvalue weighted by Crippen LogP contribution is -2.43. The highest BCUT2D eigenvalue weighted by Gasteiger charge is 2.24. The monoisotopic (exact) mass is 386 g/mol. The van der Waals surface area contributed by atoms with Gasteiger partial charge in [-0.2, -0.15) is 0 Å². The molecule has 3 N–H and O–H groups in total. The van der Waals surface area contributed by atoms with Crippen LogP contribution in [0.25, 0.3) is 0 Å². The van der Waals surface area contributed by atoms with Crippen molar-refractivity contribution >= 4 is 17.8 Å². The highest BCUT2D eigenvalue weighted by molar-refractivity contribution is 5.88. The molecule has 0 aliphatic rings. The smallest absolute Gasteiger partial charge is 0.326 e. The first kappa shape index (κ1) is 21.1. The van der Waals surface area contributed by atoms with Crippen LogP contribution in [0.4, 0.5) is 4.39 Å². The van der Waals surface area contributed by atoms with Gasteiger partial charge in [-0.3, -0.25) is 9.59 Å². The van der Waals surface area contributed by atoms with Gasteiger partial charge in [0.15, 0.2) is 0 Å². The lowest BCUT2D eigenvalue weighted by Gasteiger charge is -2.21. The van der Waals surface area contributed by atoms with E-state index in [9.17, 15) is 23.9 Å². The molecule has 0 aliphatic carbocycles. The van der Waals surface area contributed by atoms with E-state index in [1.54, 1.807) is 12.1 Å². The number of aryl methyl sites for hydroxylation is 1. The summed E-state index contributed by atoms with van der Waals surface area (Å²) in [5.74, 6) is -2.87. The Morgan fingerprint density at radius 1 is 1.04 bits per heavy atom. The van der Waals surface area contributed by atoms with Crippen molar-refractivity contribution in [3.63, 3.8) is 0 Å². The van der Waals surface area contributed by atoms with E-state index in [1.165, 1.54) is 19.1 Å². The number of rotatable bonds is 8. The van der Waals surface area contributed by atoms with Crippen LogP contribution in [0.5, 0.6) is 0 Å². The average Bonchev–Trinajstić information content (AvgIpc) is 2.65. The lowest BCUT2D eigenvalue weighted by atomic mass is 9.96. The van der Waals surface area contributed by atoms with E-state index >= 15 is 0 Å². The zero-order valence-corrected chi connectivity index (χ0v) is 15.7. The topological polar surface area (TPSA) is 95.5 Å². The third kappa shape index (κ3) is 5.90. The van der Waals surface area contributed by atoms with Crippen molar-refractivity contribution in [1.82, 2.24) is 10.6 Å². The van der Waals surface area contributed by atoms with E-state index in [2.05, 4.69) is 10.6 Å². The summed E-state index contributed by atoms with van der Waals surface area (Å²) in [5, 5.41) is 14.2. The number of halogens is 1. The number of carbonyl (C=O) groups excluding carboxylic acids is 2. The number of amides is 2. The van der Waals surface area contributed by atoms with Crippen LogP contribution in [-0.2, 0) is 20.8 Å². The van der Waals surface area contributed by atoms with Gasteiger partial charge in [0.1, 0.15) is 11.9 Å². The molecule has 0 aliphatic heterocycles. The molecule has 2 atom stereocenters. The van der Waals surface area contributed by atoms with E-state index in [0.29, 0.717) is 5.56 Å². The standard InChI is InChI=1S/C21H23FN2O4/c1-3-14-7-9-15(10-8-14)20(16-5-4-6-17(22)11-16)24-19(26)12-18(21(27)28)23-13(2)25/h4-11,18,20H,3,12H2,1-2H3,(H,23,25)(H,24,26)(H,27,28)/t18-,20?/m0/s1. The molecule has 2 aromatic rings. The fourth-order valence-electron chi connectivity index (χ4n) is 2.84. The molecular weight excluding hydrogens is 363 g/mol. The van der Waals surface area contributed by atoms with Gasteiger partial charge in [-0.15, -0.1) is 0 Å². The van der Waals surface area contributed by atoms with E-state index in [4.69, 9.17) is 0 Å². The Bertz CT molecular complexity index is 852. The highest BCUT2D eigenvalue weighted by Crippen LogP contribution is 2.23. The second-order valence-corrected chi connectivity index (χ2v) is 6.45. The molecule has 0 bridgehead atoms. The molecule has 0 spiro atoms. The molecule has 0 heterocycles. The van der Waals surface area contributed by atoms with Gasteiger partial charge in [-0.25, -0.2) is 9.18 Å². The molecule has 7 heteroatoms. The van der Waals surface area contributed by atoms with Crippen molar-refractivity contribution in [2.45, 2.75) is 38.8 Å². The molecule has 0 saturated carbocycles. The number of hydrogen-bond donors (Lipinski definition) is 3. The summed E-state index contributed by atoms with van der Waals surface area (Å²) in [6, 6.07) is 11.4. The molecule has 28 heavy (non-hydrogen) atoms. The minimum absolute atomic E-state index is 0.437. The number of hydrogen-bond acceptors (Lipinski definition) is 3. The van der Waals surface area contributed by atoms with Crippen molar-refractivity contribution in [1.29, 1.82) is 0 Å². The van der Waals surface area contributed by atoms with Crippen molar-refractivity contribution < 1.29 is 23.9 Å². The Labute approximate surface area is 162 Å². The summed E-state index contributed by atoms with van der Waals surface area (Å²) < 4.78 is 13.7. The van der Waals surface area contributed by atoms with Crippen molar-refractivity contribution in [3.05, 3.63) is 71.0 Å². The normalized spacial score (nSPS) is 12.7. The first-order chi connectivity index (χ1) is 13.3. The quantitative estimate of drug-likeness (QED) is 0.650. The fraction of sp³-hybridized carbons (Fsp3) is 0.286. The van der Waals surface area contributed by atoms with Crippen LogP contribution in [-0.4, -0.2) is 28.9 Å². The molecule has 6 nitrogen and oxygen atoms in total. The van der Waals surface area contributed by atoms with Gasteiger partial charge in [0, 0.05) is 6.92 Å². The predicted molar refractivity (Wildman–Crippen MR) is 102 cm³/mol. The maximum Gasteiger partial charge on any atom is 0.326 e. The number of aliphatic carboxylic acids is 1. The van der Waals surface area contributed by atoms with Crippen LogP contribution >= 0.6 is 0 Å². The molecule has 2 aromatic carbocycles. The average molecular weight is 386 g/mol. The Balaban J connectivity index is 2.27. The number of benzene rings is 2. The Morgan fingerprint density at radius 3 is 2.25 bits per heavy atom. The molecule has 2 rings (SSSR count). The van der Waals surface area contributed by atoms with Gasteiger partial charge >= 0.3 is 5.97 Å². The Hall–Kier alpha value is -3.22. The number of nitrogens with one attached hydrogen (secondary N) is 2. The predicted octanol–water partition coefficient (Wildman–Crippen LogP) is 2.57. The van der Waals surface area contributed by atoms with Gasteiger partial charge in [-0.05, 0) is 35.2 Å². The van der Waals surface area contributed by atoms with E-state index in [-0.39, 0.29) is 0 Å². The Kier molecular flexibility index (Phi) is 7.26. The first-order valence-corrected chi connectivity index (χ1v) is 8.93.